The third-order valence-corrected chi connectivity index (χ3v) is 6.77. The van der Waals surface area contributed by atoms with Crippen LogP contribution in [0.4, 0.5) is 5.69 Å². The van der Waals surface area contributed by atoms with Crippen LogP contribution in [-0.2, 0) is 9.59 Å². The first-order valence-electron chi connectivity index (χ1n) is 12.7. The van der Waals surface area contributed by atoms with Crippen molar-refractivity contribution >= 4 is 34.7 Å². The topological polar surface area (TPSA) is 106 Å². The normalized spacial score (nSPS) is 11.8. The molecule has 0 spiro atoms. The molecule has 1 heterocycles. The molecule has 0 saturated carbocycles. The second-order valence-corrected chi connectivity index (χ2v) is 11.3. The van der Waals surface area contributed by atoms with Crippen LogP contribution in [0.1, 0.15) is 53.2 Å². The van der Waals surface area contributed by atoms with E-state index in [0.717, 1.165) is 11.1 Å². The van der Waals surface area contributed by atoms with Crippen LogP contribution < -0.4 is 29.7 Å². The second-order valence-electron chi connectivity index (χ2n) is 10.4. The fourth-order valence-corrected chi connectivity index (χ4v) is 5.02. The molecule has 40 heavy (non-hydrogen) atoms. The number of amides is 3. The van der Waals surface area contributed by atoms with Gasteiger partial charge in [0.25, 0.3) is 5.91 Å². The van der Waals surface area contributed by atoms with E-state index in [4.69, 9.17) is 14.2 Å². The van der Waals surface area contributed by atoms with E-state index in [1.807, 2.05) is 52.8 Å². The lowest BCUT2D eigenvalue weighted by atomic mass is 9.99. The Kier molecular flexibility index (Phi) is 9.81. The van der Waals surface area contributed by atoms with Gasteiger partial charge in [-0.2, -0.15) is 0 Å². The summed E-state index contributed by atoms with van der Waals surface area (Å²) in [5.74, 6) is -0.228. The van der Waals surface area contributed by atoms with Gasteiger partial charge in [0.05, 0.1) is 32.8 Å². The molecule has 9 nitrogen and oxygen atoms in total. The third kappa shape index (κ3) is 7.32. The molecule has 3 rings (SSSR count). The SMILES string of the molecule is COc1cc([C@@H](C(=O)NC(C)(C)C)N(C(=O)CNC(=O)c2cccs2)c2cc(C)cc(C)c2)cc(OC)c1OC. The Morgan fingerprint density at radius 2 is 1.52 bits per heavy atom. The number of nitrogens with one attached hydrogen (secondary N) is 2. The zero-order valence-corrected chi connectivity index (χ0v) is 25.0. The first kappa shape index (κ1) is 30.5. The maximum absolute atomic E-state index is 14.0. The molecule has 0 aliphatic heterocycles. The molecule has 2 N–H and O–H groups in total. The van der Waals surface area contributed by atoms with Crippen LogP contribution >= 0.6 is 11.3 Å². The summed E-state index contributed by atoms with van der Waals surface area (Å²) in [6.07, 6.45) is 0. The summed E-state index contributed by atoms with van der Waals surface area (Å²) in [5.41, 5.74) is 2.18. The molecule has 2 aromatic carbocycles. The molecule has 0 bridgehead atoms. The van der Waals surface area contributed by atoms with E-state index in [-0.39, 0.29) is 12.5 Å². The summed E-state index contributed by atoms with van der Waals surface area (Å²) in [5, 5.41) is 7.50. The Balaban J connectivity index is 2.20. The van der Waals surface area contributed by atoms with E-state index >= 15 is 0 Å². The van der Waals surface area contributed by atoms with Crippen LogP contribution in [0.3, 0.4) is 0 Å². The number of hydrogen-bond acceptors (Lipinski definition) is 7. The highest BCUT2D eigenvalue weighted by Crippen LogP contribution is 2.42. The van der Waals surface area contributed by atoms with Crippen molar-refractivity contribution in [3.8, 4) is 17.2 Å². The van der Waals surface area contributed by atoms with Gasteiger partial charge in [0, 0.05) is 11.2 Å². The number of ether oxygens (including phenoxy) is 3. The summed E-state index contributed by atoms with van der Waals surface area (Å²) in [7, 11) is 4.46. The summed E-state index contributed by atoms with van der Waals surface area (Å²) in [6.45, 7) is 9.10. The highest BCUT2D eigenvalue weighted by atomic mass is 32.1. The quantitative estimate of drug-likeness (QED) is 0.364. The zero-order chi connectivity index (χ0) is 29.6. The van der Waals surface area contributed by atoms with Crippen LogP contribution in [-0.4, -0.2) is 51.1 Å². The van der Waals surface area contributed by atoms with Gasteiger partial charge in [0.2, 0.25) is 17.6 Å². The highest BCUT2D eigenvalue weighted by Gasteiger charge is 2.36. The van der Waals surface area contributed by atoms with Crippen molar-refractivity contribution in [2.24, 2.45) is 0 Å². The van der Waals surface area contributed by atoms with Gasteiger partial charge in [-0.05, 0) is 87.0 Å². The average Bonchev–Trinajstić information content (AvgIpc) is 3.42. The summed E-state index contributed by atoms with van der Waals surface area (Å²) in [6, 6.07) is 11.3. The van der Waals surface area contributed by atoms with Crippen molar-refractivity contribution < 1.29 is 28.6 Å². The van der Waals surface area contributed by atoms with Crippen molar-refractivity contribution in [1.29, 1.82) is 0 Å². The van der Waals surface area contributed by atoms with Gasteiger partial charge in [0.1, 0.15) is 6.04 Å². The zero-order valence-electron chi connectivity index (χ0n) is 24.2. The third-order valence-electron chi connectivity index (χ3n) is 5.91. The van der Waals surface area contributed by atoms with Crippen molar-refractivity contribution in [3.63, 3.8) is 0 Å². The van der Waals surface area contributed by atoms with Gasteiger partial charge in [-0.15, -0.1) is 11.3 Å². The molecule has 1 aromatic heterocycles. The van der Waals surface area contributed by atoms with Crippen molar-refractivity contribution in [3.05, 3.63) is 69.4 Å². The van der Waals surface area contributed by atoms with Gasteiger partial charge < -0.3 is 24.8 Å². The Labute approximate surface area is 239 Å². The monoisotopic (exact) mass is 567 g/mol. The molecule has 214 valence electrons. The highest BCUT2D eigenvalue weighted by molar-refractivity contribution is 7.12. The summed E-state index contributed by atoms with van der Waals surface area (Å²) >= 11 is 1.28. The number of anilines is 1. The first-order chi connectivity index (χ1) is 18.9. The van der Waals surface area contributed by atoms with Crippen molar-refractivity contribution in [2.45, 2.75) is 46.2 Å². The lowest BCUT2D eigenvalue weighted by molar-refractivity contribution is -0.127. The van der Waals surface area contributed by atoms with Crippen LogP contribution in [0.2, 0.25) is 0 Å². The molecule has 0 fully saturated rings. The van der Waals surface area contributed by atoms with Crippen LogP contribution in [0, 0.1) is 13.8 Å². The maximum Gasteiger partial charge on any atom is 0.261 e. The molecule has 3 aromatic rings. The minimum Gasteiger partial charge on any atom is -0.493 e. The van der Waals surface area contributed by atoms with Crippen LogP contribution in [0.5, 0.6) is 17.2 Å². The predicted octanol–water partition coefficient (Wildman–Crippen LogP) is 4.81. The van der Waals surface area contributed by atoms with E-state index in [0.29, 0.717) is 33.4 Å². The van der Waals surface area contributed by atoms with E-state index < -0.39 is 23.4 Å². The molecule has 3 amide bonds. The first-order valence-corrected chi connectivity index (χ1v) is 13.6. The molecule has 0 radical (unpaired) electrons. The number of carbonyl (C=O) groups excluding carboxylic acids is 3. The van der Waals surface area contributed by atoms with Gasteiger partial charge in [0.15, 0.2) is 11.5 Å². The molecular weight excluding hydrogens is 530 g/mol. The van der Waals surface area contributed by atoms with Gasteiger partial charge in [-0.3, -0.25) is 19.3 Å². The minimum absolute atomic E-state index is 0.326. The van der Waals surface area contributed by atoms with Gasteiger partial charge in [-0.25, -0.2) is 0 Å². The Bertz CT molecular complexity index is 1320. The summed E-state index contributed by atoms with van der Waals surface area (Å²) < 4.78 is 16.6. The van der Waals surface area contributed by atoms with E-state index in [1.165, 1.54) is 37.6 Å². The number of thiophene rings is 1. The van der Waals surface area contributed by atoms with E-state index in [2.05, 4.69) is 10.6 Å². The Morgan fingerprint density at radius 1 is 0.925 bits per heavy atom. The van der Waals surface area contributed by atoms with Crippen LogP contribution in [0.15, 0.2) is 47.8 Å². The number of aryl methyl sites for hydroxylation is 2. The standard InChI is InChI=1S/C30H37N3O6S/c1-18-12-19(2)14-21(13-18)33(25(34)17-31-28(35)24-10-9-11-40-24)26(29(36)32-30(3,4)5)20-15-22(37-6)27(39-8)23(16-20)38-7/h9-16,26H,17H2,1-8H3,(H,31,35)(H,32,36)/t26-/m0/s1. The molecule has 10 heteroatoms. The largest absolute Gasteiger partial charge is 0.493 e. The minimum atomic E-state index is -1.14. The predicted molar refractivity (Wildman–Crippen MR) is 157 cm³/mol. The van der Waals surface area contributed by atoms with Crippen molar-refractivity contribution in [2.75, 3.05) is 32.8 Å². The second kappa shape index (κ2) is 12.9. The number of methoxy groups -OCH3 is 3. The Hall–Kier alpha value is -4.05. The van der Waals surface area contributed by atoms with Gasteiger partial charge in [-0.1, -0.05) is 12.1 Å². The summed E-state index contributed by atoms with van der Waals surface area (Å²) in [4.78, 5) is 42.6. The number of carbonyl (C=O) groups is 3. The molecule has 0 aliphatic rings. The molecule has 0 unspecified atom stereocenters. The average molecular weight is 568 g/mol. The molecule has 0 aliphatic carbocycles. The van der Waals surface area contributed by atoms with E-state index in [1.54, 1.807) is 29.6 Å². The fraction of sp³-hybridized carbons (Fsp3) is 0.367. The molecular formula is C30H37N3O6S. The smallest absolute Gasteiger partial charge is 0.261 e. The number of rotatable bonds is 10. The fourth-order valence-electron chi connectivity index (χ4n) is 4.38. The molecule has 1 atom stereocenters. The number of nitrogens with zero attached hydrogens (tertiary/aromatic N) is 1. The molecule has 0 saturated heterocycles. The lowest BCUT2D eigenvalue weighted by Gasteiger charge is -2.34. The Morgan fingerprint density at radius 3 is 2.00 bits per heavy atom. The van der Waals surface area contributed by atoms with E-state index in [9.17, 15) is 14.4 Å². The number of benzene rings is 2. The van der Waals surface area contributed by atoms with Crippen LogP contribution in [0.25, 0.3) is 0 Å². The number of hydrogen-bond donors (Lipinski definition) is 2. The maximum atomic E-state index is 14.0. The lowest BCUT2D eigenvalue weighted by Crippen LogP contribution is -2.51. The van der Waals surface area contributed by atoms with Crippen molar-refractivity contribution in [1.82, 2.24) is 10.6 Å². The van der Waals surface area contributed by atoms with Gasteiger partial charge >= 0.3 is 0 Å².